The number of nitrogens with one attached hydrogen (secondary N) is 1. The van der Waals surface area contributed by atoms with Crippen molar-refractivity contribution in [2.75, 3.05) is 11.9 Å². The molecule has 5 nitrogen and oxygen atoms in total. The number of thiazole rings is 1. The first-order chi connectivity index (χ1) is 11.5. The normalized spacial score (nSPS) is 10.8. The molecule has 0 spiro atoms. The lowest BCUT2D eigenvalue weighted by Gasteiger charge is -1.99. The van der Waals surface area contributed by atoms with E-state index in [4.69, 9.17) is 16.3 Å². The molecule has 2 rings (SSSR count). The van der Waals surface area contributed by atoms with E-state index in [0.717, 1.165) is 0 Å². The van der Waals surface area contributed by atoms with Gasteiger partial charge in [-0.05, 0) is 30.7 Å². The second-order valence-electron chi connectivity index (χ2n) is 4.62. The van der Waals surface area contributed by atoms with Gasteiger partial charge < -0.3 is 4.74 Å². The lowest BCUT2D eigenvalue weighted by Crippen LogP contribution is -2.09. The van der Waals surface area contributed by atoms with Gasteiger partial charge in [0.05, 0.1) is 23.7 Å². The fourth-order valence-electron chi connectivity index (χ4n) is 1.74. The molecule has 24 heavy (non-hydrogen) atoms. The Balaban J connectivity index is 1.92. The molecule has 1 heterocycles. The SMILES string of the molecule is CCOC(=O)Cc1csc(NC(=O)C=Cc2ccc(F)c(Cl)c2)n1. The maximum absolute atomic E-state index is 13.1. The number of halogens is 2. The Bertz CT molecular complexity index is 776. The Hall–Kier alpha value is -2.25. The minimum absolute atomic E-state index is 0.0129. The summed E-state index contributed by atoms with van der Waals surface area (Å²) in [4.78, 5) is 27.3. The van der Waals surface area contributed by atoms with E-state index in [-0.39, 0.29) is 17.4 Å². The number of carbonyl (C=O) groups is 2. The van der Waals surface area contributed by atoms with E-state index in [2.05, 4.69) is 10.3 Å². The van der Waals surface area contributed by atoms with Crippen molar-refractivity contribution in [1.29, 1.82) is 0 Å². The molecule has 1 aromatic heterocycles. The molecule has 0 aliphatic rings. The molecule has 0 aliphatic heterocycles. The van der Waals surface area contributed by atoms with Crippen LogP contribution in [0.5, 0.6) is 0 Å². The van der Waals surface area contributed by atoms with Crippen LogP contribution in [0.4, 0.5) is 9.52 Å². The molecule has 0 bridgehead atoms. The van der Waals surface area contributed by atoms with Crippen LogP contribution in [0.2, 0.25) is 5.02 Å². The van der Waals surface area contributed by atoms with E-state index in [1.165, 1.54) is 41.7 Å². The van der Waals surface area contributed by atoms with E-state index < -0.39 is 11.7 Å². The molecule has 2 aromatic rings. The number of carbonyl (C=O) groups excluding carboxylic acids is 2. The Morgan fingerprint density at radius 1 is 1.46 bits per heavy atom. The largest absolute Gasteiger partial charge is 0.466 e. The molecule has 0 radical (unpaired) electrons. The van der Waals surface area contributed by atoms with Gasteiger partial charge in [-0.15, -0.1) is 11.3 Å². The highest BCUT2D eigenvalue weighted by molar-refractivity contribution is 7.14. The van der Waals surface area contributed by atoms with Gasteiger partial charge in [-0.25, -0.2) is 9.37 Å². The number of hydrogen-bond acceptors (Lipinski definition) is 5. The number of esters is 1. The molecular formula is C16H14ClFN2O3S. The molecule has 126 valence electrons. The van der Waals surface area contributed by atoms with Gasteiger partial charge in [-0.2, -0.15) is 0 Å². The van der Waals surface area contributed by atoms with Crippen LogP contribution in [-0.2, 0) is 20.7 Å². The Labute approximate surface area is 147 Å². The van der Waals surface area contributed by atoms with Crippen molar-refractivity contribution in [2.45, 2.75) is 13.3 Å². The van der Waals surface area contributed by atoms with Crippen molar-refractivity contribution in [2.24, 2.45) is 0 Å². The number of nitrogens with zero attached hydrogens (tertiary/aromatic N) is 1. The van der Waals surface area contributed by atoms with Crippen molar-refractivity contribution < 1.29 is 18.7 Å². The molecule has 1 N–H and O–H groups in total. The molecule has 0 fully saturated rings. The Morgan fingerprint density at radius 3 is 2.96 bits per heavy atom. The van der Waals surface area contributed by atoms with Gasteiger partial charge in [0.2, 0.25) is 5.91 Å². The van der Waals surface area contributed by atoms with Crippen molar-refractivity contribution in [1.82, 2.24) is 4.98 Å². The van der Waals surface area contributed by atoms with Crippen LogP contribution in [0.15, 0.2) is 29.7 Å². The van der Waals surface area contributed by atoms with Crippen molar-refractivity contribution in [3.05, 3.63) is 51.8 Å². The molecular weight excluding hydrogens is 355 g/mol. The predicted octanol–water partition coefficient (Wildman–Crippen LogP) is 3.69. The number of anilines is 1. The van der Waals surface area contributed by atoms with Gasteiger partial charge in [0.15, 0.2) is 5.13 Å². The first-order valence-corrected chi connectivity index (χ1v) is 8.28. The highest BCUT2D eigenvalue weighted by atomic mass is 35.5. The van der Waals surface area contributed by atoms with Gasteiger partial charge in [0.25, 0.3) is 0 Å². The lowest BCUT2D eigenvalue weighted by molar-refractivity contribution is -0.142. The predicted molar refractivity (Wildman–Crippen MR) is 91.5 cm³/mol. The van der Waals surface area contributed by atoms with Crippen molar-refractivity contribution in [3.8, 4) is 0 Å². The first kappa shape index (κ1) is 18.1. The summed E-state index contributed by atoms with van der Waals surface area (Å²) in [6.45, 7) is 2.04. The van der Waals surface area contributed by atoms with Crippen molar-refractivity contribution in [3.63, 3.8) is 0 Å². The van der Waals surface area contributed by atoms with Gasteiger partial charge in [-0.1, -0.05) is 17.7 Å². The van der Waals surface area contributed by atoms with E-state index in [1.807, 2.05) is 0 Å². The lowest BCUT2D eigenvalue weighted by atomic mass is 10.2. The third-order valence-electron chi connectivity index (χ3n) is 2.78. The summed E-state index contributed by atoms with van der Waals surface area (Å²) in [6, 6.07) is 4.15. The second kappa shape index (κ2) is 8.56. The number of amides is 1. The summed E-state index contributed by atoms with van der Waals surface area (Å²) in [5.41, 5.74) is 1.13. The van der Waals surface area contributed by atoms with Gasteiger partial charge in [0, 0.05) is 11.5 Å². The standard InChI is InChI=1S/C16H14ClFN2O3S/c1-2-23-15(22)8-11-9-24-16(19-11)20-14(21)6-4-10-3-5-13(18)12(17)7-10/h3-7,9H,2,8H2,1H3,(H,19,20,21). The molecule has 8 heteroatoms. The van der Waals surface area contributed by atoms with Gasteiger partial charge in [-0.3, -0.25) is 14.9 Å². The third-order valence-corrected chi connectivity index (χ3v) is 3.88. The number of hydrogen-bond donors (Lipinski definition) is 1. The molecule has 0 saturated heterocycles. The monoisotopic (exact) mass is 368 g/mol. The van der Waals surface area contributed by atoms with Crippen LogP contribution in [0.3, 0.4) is 0 Å². The van der Waals surface area contributed by atoms with Crippen LogP contribution in [0.1, 0.15) is 18.2 Å². The highest BCUT2D eigenvalue weighted by Gasteiger charge is 2.09. The Kier molecular flexibility index (Phi) is 6.45. The second-order valence-corrected chi connectivity index (χ2v) is 5.89. The number of rotatable bonds is 6. The summed E-state index contributed by atoms with van der Waals surface area (Å²) >= 11 is 6.88. The molecule has 0 atom stereocenters. The van der Waals surface area contributed by atoms with Crippen molar-refractivity contribution >= 4 is 46.0 Å². The summed E-state index contributed by atoms with van der Waals surface area (Å²) in [5.74, 6) is -1.28. The zero-order valence-electron chi connectivity index (χ0n) is 12.7. The van der Waals surface area contributed by atoms with Crippen LogP contribution in [-0.4, -0.2) is 23.5 Å². The van der Waals surface area contributed by atoms with E-state index in [9.17, 15) is 14.0 Å². The number of ether oxygens (including phenoxy) is 1. The molecule has 0 saturated carbocycles. The smallest absolute Gasteiger partial charge is 0.311 e. The minimum Gasteiger partial charge on any atom is -0.466 e. The highest BCUT2D eigenvalue weighted by Crippen LogP contribution is 2.18. The zero-order valence-corrected chi connectivity index (χ0v) is 14.3. The fraction of sp³-hybridized carbons (Fsp3) is 0.188. The van der Waals surface area contributed by atoms with Crippen LogP contribution >= 0.6 is 22.9 Å². The maximum atomic E-state index is 13.1. The molecule has 1 amide bonds. The Morgan fingerprint density at radius 2 is 2.25 bits per heavy atom. The van der Waals surface area contributed by atoms with Crippen LogP contribution in [0.25, 0.3) is 6.08 Å². The summed E-state index contributed by atoms with van der Waals surface area (Å²) in [7, 11) is 0. The molecule has 0 unspecified atom stereocenters. The fourth-order valence-corrected chi connectivity index (χ4v) is 2.64. The first-order valence-electron chi connectivity index (χ1n) is 7.02. The summed E-state index contributed by atoms with van der Waals surface area (Å²) in [6.07, 6.45) is 2.86. The molecule has 0 aliphatic carbocycles. The maximum Gasteiger partial charge on any atom is 0.311 e. The average molecular weight is 369 g/mol. The summed E-state index contributed by atoms with van der Waals surface area (Å²) < 4.78 is 17.9. The van der Waals surface area contributed by atoms with Gasteiger partial charge in [0.1, 0.15) is 5.82 Å². The quantitative estimate of drug-likeness (QED) is 0.623. The van der Waals surface area contributed by atoms with Crippen LogP contribution < -0.4 is 5.32 Å². The zero-order chi connectivity index (χ0) is 17.5. The molecule has 1 aromatic carbocycles. The van der Waals surface area contributed by atoms with E-state index in [1.54, 1.807) is 12.3 Å². The third kappa shape index (κ3) is 5.43. The van der Waals surface area contributed by atoms with Gasteiger partial charge >= 0.3 is 5.97 Å². The topological polar surface area (TPSA) is 68.3 Å². The van der Waals surface area contributed by atoms with Crippen LogP contribution in [0, 0.1) is 5.82 Å². The minimum atomic E-state index is -0.518. The van der Waals surface area contributed by atoms with E-state index >= 15 is 0 Å². The summed E-state index contributed by atoms with van der Waals surface area (Å²) in [5, 5.41) is 4.63. The van der Waals surface area contributed by atoms with E-state index in [0.29, 0.717) is 23.0 Å². The average Bonchev–Trinajstić information content (AvgIpc) is 2.95. The number of benzene rings is 1. The number of aromatic nitrogens is 1.